The fourth-order valence-corrected chi connectivity index (χ4v) is 4.88. The van der Waals surface area contributed by atoms with E-state index in [4.69, 9.17) is 9.47 Å². The maximum Gasteiger partial charge on any atom is 0.243 e. The van der Waals surface area contributed by atoms with Gasteiger partial charge in [0.05, 0.1) is 24.2 Å². The highest BCUT2D eigenvalue weighted by molar-refractivity contribution is 7.89. The van der Waals surface area contributed by atoms with Crippen LogP contribution in [0.5, 0.6) is 11.5 Å². The van der Waals surface area contributed by atoms with Gasteiger partial charge in [0.25, 0.3) is 0 Å². The Bertz CT molecular complexity index is 872. The summed E-state index contributed by atoms with van der Waals surface area (Å²) >= 11 is 0. The standard InChI is InChI=1S/C20H26N2O4S.ClH/c1-15(2)26-16-8-10-17(11-9-16)27(23,24)22-13-12-21-14-19(22)18-6-4-5-7-20(18)25-3;/h4-11,15,19,21H,12-14H2,1-3H3;1H. The van der Waals surface area contributed by atoms with Gasteiger partial charge in [-0.1, -0.05) is 18.2 Å². The molecule has 1 aliphatic heterocycles. The number of ether oxygens (including phenoxy) is 2. The number of nitrogens with one attached hydrogen (secondary N) is 1. The Kier molecular flexibility index (Phi) is 7.71. The quantitative estimate of drug-likeness (QED) is 0.768. The van der Waals surface area contributed by atoms with Gasteiger partial charge in [0.1, 0.15) is 11.5 Å². The molecule has 0 aromatic heterocycles. The highest BCUT2D eigenvalue weighted by Gasteiger charge is 2.35. The van der Waals surface area contributed by atoms with Gasteiger partial charge in [-0.05, 0) is 44.2 Å². The Morgan fingerprint density at radius 1 is 1.11 bits per heavy atom. The first-order valence-corrected chi connectivity index (χ1v) is 10.5. The third-order valence-corrected chi connectivity index (χ3v) is 6.42. The molecule has 8 heteroatoms. The van der Waals surface area contributed by atoms with Crippen LogP contribution in [-0.4, -0.2) is 45.6 Å². The minimum Gasteiger partial charge on any atom is -0.496 e. The molecule has 6 nitrogen and oxygen atoms in total. The van der Waals surface area contributed by atoms with Gasteiger partial charge in [-0.15, -0.1) is 12.4 Å². The lowest BCUT2D eigenvalue weighted by atomic mass is 10.0. The van der Waals surface area contributed by atoms with Gasteiger partial charge >= 0.3 is 0 Å². The molecule has 1 saturated heterocycles. The molecule has 0 spiro atoms. The van der Waals surface area contributed by atoms with Gasteiger partial charge in [-0.25, -0.2) is 8.42 Å². The van der Waals surface area contributed by atoms with Crippen LogP contribution in [-0.2, 0) is 10.0 Å². The third kappa shape index (κ3) is 4.78. The molecule has 0 amide bonds. The molecule has 2 aromatic carbocycles. The van der Waals surface area contributed by atoms with Crippen molar-refractivity contribution in [3.8, 4) is 11.5 Å². The Labute approximate surface area is 173 Å². The van der Waals surface area contributed by atoms with Crippen molar-refractivity contribution in [2.75, 3.05) is 26.7 Å². The highest BCUT2D eigenvalue weighted by atomic mass is 35.5. The molecule has 3 rings (SSSR count). The van der Waals surface area contributed by atoms with E-state index in [-0.39, 0.29) is 29.4 Å². The molecule has 1 fully saturated rings. The lowest BCUT2D eigenvalue weighted by Crippen LogP contribution is -2.48. The highest BCUT2D eigenvalue weighted by Crippen LogP contribution is 2.34. The third-order valence-electron chi connectivity index (χ3n) is 4.49. The smallest absolute Gasteiger partial charge is 0.243 e. The molecule has 1 aliphatic rings. The molecule has 1 unspecified atom stereocenters. The summed E-state index contributed by atoms with van der Waals surface area (Å²) in [6, 6.07) is 13.8. The molecule has 0 saturated carbocycles. The van der Waals surface area contributed by atoms with Crippen LogP contribution in [0, 0.1) is 0 Å². The van der Waals surface area contributed by atoms with E-state index in [1.54, 1.807) is 35.7 Å². The minimum absolute atomic E-state index is 0. The molecule has 28 heavy (non-hydrogen) atoms. The molecule has 2 aromatic rings. The number of nitrogens with zero attached hydrogens (tertiary/aromatic N) is 1. The number of rotatable bonds is 6. The van der Waals surface area contributed by atoms with Gasteiger partial charge in [-0.3, -0.25) is 0 Å². The van der Waals surface area contributed by atoms with Crippen LogP contribution < -0.4 is 14.8 Å². The summed E-state index contributed by atoms with van der Waals surface area (Å²) in [4.78, 5) is 0.264. The first-order valence-electron chi connectivity index (χ1n) is 9.05. The molecule has 1 atom stereocenters. The van der Waals surface area contributed by atoms with Crippen molar-refractivity contribution in [1.82, 2.24) is 9.62 Å². The number of sulfonamides is 1. The number of piperazine rings is 1. The van der Waals surface area contributed by atoms with Crippen LogP contribution in [0.3, 0.4) is 0 Å². The summed E-state index contributed by atoms with van der Waals surface area (Å²) in [6.45, 7) is 5.41. The first-order chi connectivity index (χ1) is 12.9. The van der Waals surface area contributed by atoms with Crippen LogP contribution >= 0.6 is 12.4 Å². The molecule has 0 bridgehead atoms. The fraction of sp³-hybridized carbons (Fsp3) is 0.400. The summed E-state index contributed by atoms with van der Waals surface area (Å²) in [5.74, 6) is 1.35. The van der Waals surface area contributed by atoms with Crippen molar-refractivity contribution in [3.05, 3.63) is 54.1 Å². The Hall–Kier alpha value is -1.80. The lowest BCUT2D eigenvalue weighted by Gasteiger charge is -2.36. The zero-order valence-electron chi connectivity index (χ0n) is 16.3. The van der Waals surface area contributed by atoms with Crippen LogP contribution in [0.1, 0.15) is 25.5 Å². The number of halogens is 1. The second kappa shape index (κ2) is 9.60. The average molecular weight is 427 g/mol. The van der Waals surface area contributed by atoms with Crippen molar-refractivity contribution in [3.63, 3.8) is 0 Å². The average Bonchev–Trinajstić information content (AvgIpc) is 2.68. The van der Waals surface area contributed by atoms with Crippen molar-refractivity contribution < 1.29 is 17.9 Å². The predicted octanol–water partition coefficient (Wildman–Crippen LogP) is 3.24. The van der Waals surface area contributed by atoms with E-state index in [1.165, 1.54) is 0 Å². The van der Waals surface area contributed by atoms with Crippen molar-refractivity contribution in [2.45, 2.75) is 30.9 Å². The summed E-state index contributed by atoms with van der Waals surface area (Å²) in [6.07, 6.45) is 0.0375. The second-order valence-corrected chi connectivity index (χ2v) is 8.61. The van der Waals surface area contributed by atoms with Gasteiger partial charge in [0.2, 0.25) is 10.0 Å². The molecule has 0 aliphatic carbocycles. The second-order valence-electron chi connectivity index (χ2n) is 6.72. The van der Waals surface area contributed by atoms with E-state index in [9.17, 15) is 8.42 Å². The van der Waals surface area contributed by atoms with Gasteiger partial charge in [0, 0.05) is 25.2 Å². The minimum atomic E-state index is -3.65. The molecule has 0 radical (unpaired) electrons. The molecule has 154 valence electrons. The van der Waals surface area contributed by atoms with E-state index in [0.29, 0.717) is 31.1 Å². The van der Waals surface area contributed by atoms with Gasteiger partial charge in [-0.2, -0.15) is 4.31 Å². The molecular formula is C20H27ClN2O4S. The van der Waals surface area contributed by atoms with Crippen molar-refractivity contribution in [1.29, 1.82) is 0 Å². The van der Waals surface area contributed by atoms with E-state index in [2.05, 4.69) is 5.32 Å². The lowest BCUT2D eigenvalue weighted by molar-refractivity contribution is 0.242. The number of para-hydroxylation sites is 1. The zero-order chi connectivity index (χ0) is 19.4. The van der Waals surface area contributed by atoms with Crippen LogP contribution in [0.15, 0.2) is 53.4 Å². The number of benzene rings is 2. The maximum atomic E-state index is 13.3. The Balaban J connectivity index is 0.00000280. The number of hydrogen-bond donors (Lipinski definition) is 1. The Morgan fingerprint density at radius 2 is 1.79 bits per heavy atom. The van der Waals surface area contributed by atoms with Crippen LogP contribution in [0.25, 0.3) is 0 Å². The molecule has 1 heterocycles. The van der Waals surface area contributed by atoms with Gasteiger partial charge in [0.15, 0.2) is 0 Å². The van der Waals surface area contributed by atoms with Gasteiger partial charge < -0.3 is 14.8 Å². The Morgan fingerprint density at radius 3 is 2.43 bits per heavy atom. The summed E-state index contributed by atoms with van der Waals surface area (Å²) < 4.78 is 39.3. The summed E-state index contributed by atoms with van der Waals surface area (Å²) in [5, 5.41) is 3.29. The number of hydrogen-bond acceptors (Lipinski definition) is 5. The SMILES string of the molecule is COc1ccccc1C1CNCCN1S(=O)(=O)c1ccc(OC(C)C)cc1.Cl. The molecule has 1 N–H and O–H groups in total. The number of methoxy groups -OCH3 is 1. The van der Waals surface area contributed by atoms with Crippen molar-refractivity contribution >= 4 is 22.4 Å². The fourth-order valence-electron chi connectivity index (χ4n) is 3.28. The first kappa shape index (κ1) is 22.5. The normalized spacial score (nSPS) is 17.8. The van der Waals surface area contributed by atoms with E-state index >= 15 is 0 Å². The maximum absolute atomic E-state index is 13.3. The van der Waals surface area contributed by atoms with Crippen LogP contribution in [0.2, 0.25) is 0 Å². The summed E-state index contributed by atoms with van der Waals surface area (Å²) in [7, 11) is -2.05. The zero-order valence-corrected chi connectivity index (χ0v) is 17.9. The molecular weight excluding hydrogens is 400 g/mol. The monoisotopic (exact) mass is 426 g/mol. The topological polar surface area (TPSA) is 67.9 Å². The van der Waals surface area contributed by atoms with E-state index in [0.717, 1.165) is 5.56 Å². The van der Waals surface area contributed by atoms with E-state index < -0.39 is 10.0 Å². The largest absolute Gasteiger partial charge is 0.496 e. The van der Waals surface area contributed by atoms with E-state index in [1.807, 2.05) is 38.1 Å². The van der Waals surface area contributed by atoms with Crippen LogP contribution in [0.4, 0.5) is 0 Å². The summed E-state index contributed by atoms with van der Waals surface area (Å²) in [5.41, 5.74) is 0.857. The van der Waals surface area contributed by atoms with Crippen molar-refractivity contribution in [2.24, 2.45) is 0 Å². The predicted molar refractivity (Wildman–Crippen MR) is 112 cm³/mol.